The number of nitrogens with two attached hydrogens (primary N) is 1. The number of rotatable bonds is 0. The smallest absolute Gasteiger partial charge is 0.191 e. The minimum Gasteiger partial charge on any atom is -0.444 e. The van der Waals surface area contributed by atoms with Crippen molar-refractivity contribution in [1.82, 2.24) is 4.98 Å². The standard InChI is InChI=1S/C8H12N2O/c1-5-10-7-4-2-3-6(9)8(7)11-5/h6H,2-4,9H2,1H3. The number of aromatic nitrogens is 1. The Kier molecular flexibility index (Phi) is 1.46. The Bertz CT molecular complexity index is 267. The number of hydrogen-bond acceptors (Lipinski definition) is 3. The molecule has 0 fully saturated rings. The van der Waals surface area contributed by atoms with Gasteiger partial charge in [0, 0.05) is 6.92 Å². The molecule has 3 nitrogen and oxygen atoms in total. The van der Waals surface area contributed by atoms with Gasteiger partial charge in [0.25, 0.3) is 0 Å². The minimum absolute atomic E-state index is 0.0833. The molecule has 1 aromatic heterocycles. The van der Waals surface area contributed by atoms with E-state index in [1.54, 1.807) is 0 Å². The summed E-state index contributed by atoms with van der Waals surface area (Å²) >= 11 is 0. The first-order chi connectivity index (χ1) is 5.27. The predicted octanol–water partition coefficient (Wildman–Crippen LogP) is 1.32. The molecule has 1 aliphatic carbocycles. The Labute approximate surface area is 65.6 Å². The second-order valence-corrected chi connectivity index (χ2v) is 3.04. The zero-order valence-corrected chi connectivity index (χ0v) is 6.63. The van der Waals surface area contributed by atoms with Gasteiger partial charge < -0.3 is 10.2 Å². The lowest BCUT2D eigenvalue weighted by atomic mass is 9.98. The van der Waals surface area contributed by atoms with Gasteiger partial charge in [-0.25, -0.2) is 4.98 Å². The van der Waals surface area contributed by atoms with Crippen LogP contribution in [0.1, 0.15) is 36.2 Å². The van der Waals surface area contributed by atoms with Crippen molar-refractivity contribution in [3.8, 4) is 0 Å². The molecular formula is C8H12N2O. The monoisotopic (exact) mass is 152 g/mol. The number of nitrogens with zero attached hydrogens (tertiary/aromatic N) is 1. The van der Waals surface area contributed by atoms with Crippen molar-refractivity contribution in [2.24, 2.45) is 5.73 Å². The molecule has 0 spiro atoms. The summed E-state index contributed by atoms with van der Waals surface area (Å²) in [6, 6.07) is 0.0833. The lowest BCUT2D eigenvalue weighted by Gasteiger charge is -2.14. The van der Waals surface area contributed by atoms with Gasteiger partial charge in [-0.05, 0) is 19.3 Å². The van der Waals surface area contributed by atoms with Crippen LogP contribution in [-0.2, 0) is 6.42 Å². The zero-order chi connectivity index (χ0) is 7.84. The Balaban J connectivity index is 2.43. The van der Waals surface area contributed by atoms with E-state index < -0.39 is 0 Å². The summed E-state index contributed by atoms with van der Waals surface area (Å²) in [6.45, 7) is 1.87. The minimum atomic E-state index is 0.0833. The van der Waals surface area contributed by atoms with Crippen molar-refractivity contribution in [3.63, 3.8) is 0 Å². The van der Waals surface area contributed by atoms with E-state index in [2.05, 4.69) is 4.98 Å². The molecule has 0 aromatic carbocycles. The second-order valence-electron chi connectivity index (χ2n) is 3.04. The van der Waals surface area contributed by atoms with Crippen LogP contribution in [0.25, 0.3) is 0 Å². The predicted molar refractivity (Wildman–Crippen MR) is 41.1 cm³/mol. The van der Waals surface area contributed by atoms with Gasteiger partial charge in [0.2, 0.25) is 0 Å². The molecule has 11 heavy (non-hydrogen) atoms. The first-order valence-corrected chi connectivity index (χ1v) is 3.99. The maximum Gasteiger partial charge on any atom is 0.191 e. The number of hydrogen-bond donors (Lipinski definition) is 1. The highest BCUT2D eigenvalue weighted by atomic mass is 16.4. The van der Waals surface area contributed by atoms with E-state index in [0.717, 1.165) is 36.6 Å². The Morgan fingerprint density at radius 2 is 2.45 bits per heavy atom. The van der Waals surface area contributed by atoms with Crippen LogP contribution in [-0.4, -0.2) is 4.98 Å². The third-order valence-electron chi connectivity index (χ3n) is 2.10. The van der Waals surface area contributed by atoms with Crippen molar-refractivity contribution < 1.29 is 4.42 Å². The molecule has 0 radical (unpaired) electrons. The van der Waals surface area contributed by atoms with E-state index in [-0.39, 0.29) is 6.04 Å². The topological polar surface area (TPSA) is 52.0 Å². The van der Waals surface area contributed by atoms with Crippen LogP contribution in [0, 0.1) is 6.92 Å². The molecule has 2 rings (SSSR count). The van der Waals surface area contributed by atoms with Crippen LogP contribution >= 0.6 is 0 Å². The van der Waals surface area contributed by atoms with Crippen molar-refractivity contribution in [2.45, 2.75) is 32.2 Å². The van der Waals surface area contributed by atoms with E-state index in [0.29, 0.717) is 0 Å². The van der Waals surface area contributed by atoms with Crippen LogP contribution in [0.2, 0.25) is 0 Å². The zero-order valence-electron chi connectivity index (χ0n) is 6.63. The van der Waals surface area contributed by atoms with E-state index in [4.69, 9.17) is 10.2 Å². The Hall–Kier alpha value is -0.830. The van der Waals surface area contributed by atoms with E-state index in [1.807, 2.05) is 6.92 Å². The fourth-order valence-corrected chi connectivity index (χ4v) is 1.58. The second kappa shape index (κ2) is 2.34. The van der Waals surface area contributed by atoms with Crippen LogP contribution in [0.4, 0.5) is 0 Å². The molecule has 1 atom stereocenters. The normalized spacial score (nSPS) is 23.3. The molecule has 0 saturated carbocycles. The van der Waals surface area contributed by atoms with Gasteiger partial charge in [-0.1, -0.05) is 0 Å². The highest BCUT2D eigenvalue weighted by Crippen LogP contribution is 2.27. The Morgan fingerprint density at radius 3 is 3.18 bits per heavy atom. The molecule has 0 saturated heterocycles. The summed E-state index contributed by atoms with van der Waals surface area (Å²) in [4.78, 5) is 4.25. The van der Waals surface area contributed by atoms with Gasteiger partial charge in [0.05, 0.1) is 11.7 Å². The average Bonchev–Trinajstić information content (AvgIpc) is 2.31. The summed E-state index contributed by atoms with van der Waals surface area (Å²) in [5.74, 6) is 1.65. The fraction of sp³-hybridized carbons (Fsp3) is 0.625. The molecule has 60 valence electrons. The average molecular weight is 152 g/mol. The molecule has 1 unspecified atom stereocenters. The van der Waals surface area contributed by atoms with Gasteiger partial charge >= 0.3 is 0 Å². The van der Waals surface area contributed by atoms with Crippen molar-refractivity contribution in [1.29, 1.82) is 0 Å². The van der Waals surface area contributed by atoms with Gasteiger partial charge in [-0.3, -0.25) is 0 Å². The largest absolute Gasteiger partial charge is 0.444 e. The maximum absolute atomic E-state index is 5.83. The van der Waals surface area contributed by atoms with Gasteiger partial charge in [-0.2, -0.15) is 0 Å². The first kappa shape index (κ1) is 6.85. The fourth-order valence-electron chi connectivity index (χ4n) is 1.58. The lowest BCUT2D eigenvalue weighted by Crippen LogP contribution is -2.15. The van der Waals surface area contributed by atoms with E-state index in [1.165, 1.54) is 0 Å². The summed E-state index contributed by atoms with van der Waals surface area (Å²) in [5, 5.41) is 0. The van der Waals surface area contributed by atoms with Crippen LogP contribution in [0.3, 0.4) is 0 Å². The third kappa shape index (κ3) is 1.05. The number of oxazole rings is 1. The highest BCUT2D eigenvalue weighted by Gasteiger charge is 2.21. The van der Waals surface area contributed by atoms with Crippen LogP contribution in [0.15, 0.2) is 4.42 Å². The molecule has 2 N–H and O–H groups in total. The van der Waals surface area contributed by atoms with Gasteiger partial charge in [-0.15, -0.1) is 0 Å². The molecule has 1 heterocycles. The van der Waals surface area contributed by atoms with Crippen molar-refractivity contribution in [2.75, 3.05) is 0 Å². The maximum atomic E-state index is 5.83. The molecule has 0 bridgehead atoms. The van der Waals surface area contributed by atoms with E-state index in [9.17, 15) is 0 Å². The molecule has 0 amide bonds. The number of fused-ring (bicyclic) bond motifs is 1. The Morgan fingerprint density at radius 1 is 1.64 bits per heavy atom. The molecule has 3 heteroatoms. The first-order valence-electron chi connectivity index (χ1n) is 3.99. The third-order valence-corrected chi connectivity index (χ3v) is 2.10. The molecular weight excluding hydrogens is 140 g/mol. The summed E-state index contributed by atoms with van der Waals surface area (Å²) in [6.07, 6.45) is 3.20. The SMILES string of the molecule is Cc1nc2c(o1)C(N)CCC2. The summed E-state index contributed by atoms with van der Waals surface area (Å²) in [5.41, 5.74) is 6.90. The highest BCUT2D eigenvalue weighted by molar-refractivity contribution is 5.16. The molecule has 1 aliphatic rings. The van der Waals surface area contributed by atoms with E-state index >= 15 is 0 Å². The molecule has 0 aliphatic heterocycles. The lowest BCUT2D eigenvalue weighted by molar-refractivity contribution is 0.408. The molecule has 1 aromatic rings. The van der Waals surface area contributed by atoms with Crippen molar-refractivity contribution >= 4 is 0 Å². The number of aryl methyl sites for hydroxylation is 2. The van der Waals surface area contributed by atoms with Crippen LogP contribution in [0.5, 0.6) is 0 Å². The van der Waals surface area contributed by atoms with Gasteiger partial charge in [0.15, 0.2) is 5.89 Å². The summed E-state index contributed by atoms with van der Waals surface area (Å²) in [7, 11) is 0. The van der Waals surface area contributed by atoms with Gasteiger partial charge in [0.1, 0.15) is 5.76 Å². The quantitative estimate of drug-likeness (QED) is 0.610. The summed E-state index contributed by atoms with van der Waals surface area (Å²) < 4.78 is 5.38. The van der Waals surface area contributed by atoms with Crippen molar-refractivity contribution in [3.05, 3.63) is 17.3 Å². The van der Waals surface area contributed by atoms with Crippen LogP contribution < -0.4 is 5.73 Å².